The number of amides is 1. The molecule has 4 aromatic rings. The van der Waals surface area contributed by atoms with Crippen LogP contribution in [0.3, 0.4) is 0 Å². The maximum Gasteiger partial charge on any atom is 0.307 e. The number of halogens is 3. The van der Waals surface area contributed by atoms with E-state index in [4.69, 9.17) is 32.9 Å². The van der Waals surface area contributed by atoms with Gasteiger partial charge in [-0.3, -0.25) is 19.5 Å². The van der Waals surface area contributed by atoms with E-state index in [1.165, 1.54) is 6.20 Å². The zero-order valence-corrected chi connectivity index (χ0v) is 27.6. The monoisotopic (exact) mass is 693 g/mol. The minimum atomic E-state index is -0.838. The van der Waals surface area contributed by atoms with Gasteiger partial charge in [-0.2, -0.15) is 0 Å². The third-order valence-corrected chi connectivity index (χ3v) is 9.37. The van der Waals surface area contributed by atoms with Gasteiger partial charge in [-0.25, -0.2) is 14.4 Å². The molecule has 0 spiro atoms. The van der Waals surface area contributed by atoms with Crippen molar-refractivity contribution < 1.29 is 23.8 Å². The van der Waals surface area contributed by atoms with E-state index in [0.717, 1.165) is 12.0 Å². The van der Waals surface area contributed by atoms with Crippen LogP contribution in [0.25, 0.3) is 22.5 Å². The van der Waals surface area contributed by atoms with Crippen molar-refractivity contribution in [3.05, 3.63) is 81.8 Å². The number of carbonyl (C=O) groups is 2. The van der Waals surface area contributed by atoms with Gasteiger partial charge in [0.15, 0.2) is 11.6 Å². The number of rotatable bonds is 12. The van der Waals surface area contributed by atoms with Crippen LogP contribution in [0.2, 0.25) is 10.0 Å². The summed E-state index contributed by atoms with van der Waals surface area (Å²) >= 11 is 13.8. The average Bonchev–Trinajstić information content (AvgIpc) is 3.73. The third-order valence-electron chi connectivity index (χ3n) is 8.58. The van der Waals surface area contributed by atoms with Gasteiger partial charge in [0.05, 0.1) is 40.1 Å². The fraction of sp³-hybridized carbons (Fsp3) is 0.324. The molecule has 0 radical (unpaired) electrons. The Hall–Kier alpha value is -4.36. The third kappa shape index (κ3) is 7.36. The van der Waals surface area contributed by atoms with Gasteiger partial charge in [0.1, 0.15) is 0 Å². The summed E-state index contributed by atoms with van der Waals surface area (Å²) in [5, 5.41) is 19.2. The van der Waals surface area contributed by atoms with Crippen LogP contribution in [-0.2, 0) is 22.7 Å². The standard InChI is InChI=1S/C34H34Cl2FN7O4/c1-48-33-19(15-38-16-22-6-8-27(45)41-22)5-7-25(43-33)23-10-13-39-31(29(23)36)24-3-2-4-26(28(24)35)42-32-30(37)20(9-12-40-32)17-44-14-11-21(18-44)34(46)47/h2-5,7,9-10,12-13,21-22,38H,6,8,11,14-18H2,1H3,(H,40,42)(H,41,45)(H,46,47). The topological polar surface area (TPSA) is 142 Å². The van der Waals surface area contributed by atoms with Crippen molar-refractivity contribution in [1.29, 1.82) is 0 Å². The number of benzene rings is 1. The molecule has 2 saturated heterocycles. The molecular formula is C34H34Cl2FN7O4. The Bertz CT molecular complexity index is 1850. The number of likely N-dealkylation sites (tertiary alicyclic amines) is 1. The summed E-state index contributed by atoms with van der Waals surface area (Å²) in [6, 6.07) is 12.5. The smallest absolute Gasteiger partial charge is 0.307 e. The van der Waals surface area contributed by atoms with E-state index < -0.39 is 17.7 Å². The number of pyridine rings is 3. The van der Waals surface area contributed by atoms with Crippen LogP contribution in [0.1, 0.15) is 30.4 Å². The fourth-order valence-electron chi connectivity index (χ4n) is 6.02. The summed E-state index contributed by atoms with van der Waals surface area (Å²) in [6.45, 7) is 2.37. The number of hydrogen-bond acceptors (Lipinski definition) is 9. The SMILES string of the molecule is COc1nc(-c2ccnc(-c3cccc(Nc4nccc(CN5CCC(C(=O)O)C5)c4F)c3Cl)c2Cl)ccc1CNCC1CCC(=O)N1. The number of ether oxygens (including phenoxy) is 1. The van der Waals surface area contributed by atoms with Gasteiger partial charge in [0.25, 0.3) is 0 Å². The Morgan fingerprint density at radius 1 is 1.08 bits per heavy atom. The van der Waals surface area contributed by atoms with Gasteiger partial charge in [0.2, 0.25) is 11.8 Å². The fourth-order valence-corrected chi connectivity index (χ4v) is 6.60. The largest absolute Gasteiger partial charge is 0.481 e. The molecule has 1 aromatic carbocycles. The first-order valence-electron chi connectivity index (χ1n) is 15.5. The Kier molecular flexibility index (Phi) is 10.4. The molecule has 0 bridgehead atoms. The van der Waals surface area contributed by atoms with E-state index >= 15 is 4.39 Å². The van der Waals surface area contributed by atoms with Crippen molar-refractivity contribution in [3.63, 3.8) is 0 Å². The number of carbonyl (C=O) groups excluding carboxylic acids is 1. The van der Waals surface area contributed by atoms with Crippen molar-refractivity contribution in [2.75, 3.05) is 32.1 Å². The number of nitrogens with one attached hydrogen (secondary N) is 3. The van der Waals surface area contributed by atoms with E-state index in [-0.39, 0.29) is 29.3 Å². The second-order valence-corrected chi connectivity index (χ2v) is 12.6. The van der Waals surface area contributed by atoms with Crippen LogP contribution in [-0.4, -0.2) is 69.6 Å². The molecule has 4 N–H and O–H groups in total. The van der Waals surface area contributed by atoms with Gasteiger partial charge in [-0.1, -0.05) is 41.4 Å². The number of aliphatic carboxylic acids is 1. The lowest BCUT2D eigenvalue weighted by Gasteiger charge is -2.17. The van der Waals surface area contributed by atoms with Crippen molar-refractivity contribution in [2.45, 2.75) is 38.4 Å². The summed E-state index contributed by atoms with van der Waals surface area (Å²) in [7, 11) is 1.55. The summed E-state index contributed by atoms with van der Waals surface area (Å²) in [6.07, 6.45) is 5.01. The Morgan fingerprint density at radius 2 is 1.92 bits per heavy atom. The van der Waals surface area contributed by atoms with Crippen molar-refractivity contribution in [1.82, 2.24) is 30.5 Å². The highest BCUT2D eigenvalue weighted by Gasteiger charge is 2.29. The molecule has 2 aliphatic heterocycles. The van der Waals surface area contributed by atoms with E-state index in [1.807, 2.05) is 17.0 Å². The Balaban J connectivity index is 1.20. The molecule has 3 aromatic heterocycles. The van der Waals surface area contributed by atoms with E-state index in [9.17, 15) is 14.7 Å². The van der Waals surface area contributed by atoms with Crippen LogP contribution in [0.15, 0.2) is 54.9 Å². The molecule has 0 aliphatic carbocycles. The lowest BCUT2D eigenvalue weighted by Crippen LogP contribution is -2.35. The molecule has 2 aliphatic rings. The number of carboxylic acid groups (broad SMARTS) is 1. The predicted molar refractivity (Wildman–Crippen MR) is 181 cm³/mol. The molecular weight excluding hydrogens is 660 g/mol. The quantitative estimate of drug-likeness (QED) is 0.146. The van der Waals surface area contributed by atoms with Crippen molar-refractivity contribution in [2.24, 2.45) is 5.92 Å². The maximum atomic E-state index is 15.6. The van der Waals surface area contributed by atoms with Crippen LogP contribution >= 0.6 is 23.2 Å². The molecule has 11 nitrogen and oxygen atoms in total. The summed E-state index contributed by atoms with van der Waals surface area (Å²) in [4.78, 5) is 38.2. The Labute approximate surface area is 286 Å². The zero-order chi connectivity index (χ0) is 33.8. The summed E-state index contributed by atoms with van der Waals surface area (Å²) in [5.74, 6) is -1.32. The van der Waals surface area contributed by atoms with Crippen molar-refractivity contribution in [3.8, 4) is 28.4 Å². The first-order chi connectivity index (χ1) is 23.2. The summed E-state index contributed by atoms with van der Waals surface area (Å²) < 4.78 is 21.2. The summed E-state index contributed by atoms with van der Waals surface area (Å²) in [5.41, 5.74) is 3.79. The van der Waals surface area contributed by atoms with Crippen LogP contribution in [0.5, 0.6) is 5.88 Å². The van der Waals surface area contributed by atoms with Gasteiger partial charge in [-0.15, -0.1) is 0 Å². The lowest BCUT2D eigenvalue weighted by atomic mass is 10.1. The molecule has 2 atom stereocenters. The highest BCUT2D eigenvalue weighted by atomic mass is 35.5. The minimum absolute atomic E-state index is 0.00722. The van der Waals surface area contributed by atoms with E-state index in [1.54, 1.807) is 43.6 Å². The van der Waals surface area contributed by atoms with Gasteiger partial charge >= 0.3 is 5.97 Å². The van der Waals surface area contributed by atoms with E-state index in [2.05, 4.69) is 25.9 Å². The molecule has 14 heteroatoms. The highest BCUT2D eigenvalue weighted by Crippen LogP contribution is 2.41. The number of anilines is 2. The number of hydrogen-bond donors (Lipinski definition) is 4. The molecule has 250 valence electrons. The first kappa shape index (κ1) is 33.5. The first-order valence-corrected chi connectivity index (χ1v) is 16.3. The zero-order valence-electron chi connectivity index (χ0n) is 26.1. The molecule has 6 rings (SSSR count). The minimum Gasteiger partial charge on any atom is -0.481 e. The molecule has 0 saturated carbocycles. The number of nitrogens with zero attached hydrogens (tertiary/aromatic N) is 4. The average molecular weight is 695 g/mol. The van der Waals surface area contributed by atoms with Crippen LogP contribution in [0, 0.1) is 11.7 Å². The van der Waals surface area contributed by atoms with Crippen molar-refractivity contribution >= 4 is 46.6 Å². The van der Waals surface area contributed by atoms with Crippen LogP contribution in [0.4, 0.5) is 15.9 Å². The second-order valence-electron chi connectivity index (χ2n) is 11.8. The molecule has 1 amide bonds. The number of methoxy groups -OCH3 is 1. The maximum absolute atomic E-state index is 15.6. The van der Waals surface area contributed by atoms with Crippen LogP contribution < -0.4 is 20.7 Å². The second kappa shape index (κ2) is 14.8. The van der Waals surface area contributed by atoms with Gasteiger partial charge < -0.3 is 25.8 Å². The Morgan fingerprint density at radius 3 is 2.67 bits per heavy atom. The van der Waals surface area contributed by atoms with Gasteiger partial charge in [0, 0.05) is 73.3 Å². The molecule has 2 fully saturated rings. The van der Waals surface area contributed by atoms with Gasteiger partial charge in [-0.05, 0) is 43.7 Å². The molecule has 5 heterocycles. The predicted octanol–water partition coefficient (Wildman–Crippen LogP) is 5.68. The molecule has 48 heavy (non-hydrogen) atoms. The number of aromatic nitrogens is 3. The lowest BCUT2D eigenvalue weighted by molar-refractivity contribution is -0.141. The molecule has 2 unspecified atom stereocenters. The normalized spacial score (nSPS) is 17.8. The van der Waals surface area contributed by atoms with E-state index in [0.29, 0.717) is 83.7 Å². The highest BCUT2D eigenvalue weighted by molar-refractivity contribution is 6.39. The number of carboxylic acids is 1.